The highest BCUT2D eigenvalue weighted by Crippen LogP contribution is 2.42. The van der Waals surface area contributed by atoms with E-state index in [-0.39, 0.29) is 11.2 Å². The molecule has 0 saturated heterocycles. The average Bonchev–Trinajstić information content (AvgIpc) is 2.26. The third-order valence-corrected chi connectivity index (χ3v) is 3.43. The van der Waals surface area contributed by atoms with E-state index in [1.54, 1.807) is 6.07 Å². The minimum absolute atomic E-state index is 0.234. The fourth-order valence-corrected chi connectivity index (χ4v) is 1.70. The van der Waals surface area contributed by atoms with Gasteiger partial charge in [0.2, 0.25) is 0 Å². The van der Waals surface area contributed by atoms with Crippen molar-refractivity contribution in [1.82, 2.24) is 0 Å². The molecule has 1 atom stereocenters. The normalized spacial score (nSPS) is 13.4. The zero-order valence-corrected chi connectivity index (χ0v) is 11.6. The number of halogens is 2. The zero-order valence-electron chi connectivity index (χ0n) is 10.8. The highest BCUT2D eigenvalue weighted by molar-refractivity contribution is 6.21. The predicted octanol–water partition coefficient (Wildman–Crippen LogP) is 4.17. The summed E-state index contributed by atoms with van der Waals surface area (Å²) in [4.78, 5) is 0. The van der Waals surface area contributed by atoms with Gasteiger partial charge < -0.3 is 9.47 Å². The molecule has 1 unspecified atom stereocenters. The summed E-state index contributed by atoms with van der Waals surface area (Å²) in [6, 6.07) is 2.90. The van der Waals surface area contributed by atoms with Gasteiger partial charge in [0.1, 0.15) is 5.82 Å². The molecule has 4 heteroatoms. The Balaban J connectivity index is 3.26. The van der Waals surface area contributed by atoms with Crippen LogP contribution in [0.3, 0.4) is 0 Å². The van der Waals surface area contributed by atoms with Gasteiger partial charge in [-0.2, -0.15) is 0 Å². The molecule has 1 aromatic carbocycles. The SMILES string of the molecule is COc1cc(F)c(C(Cl)C(C)(C)C)cc1OC. The summed E-state index contributed by atoms with van der Waals surface area (Å²) < 4.78 is 24.1. The first kappa shape index (κ1) is 14.1. The topological polar surface area (TPSA) is 18.5 Å². The number of ether oxygens (including phenoxy) is 2. The number of hydrogen-bond donors (Lipinski definition) is 0. The van der Waals surface area contributed by atoms with Crippen LogP contribution in [0.2, 0.25) is 0 Å². The number of methoxy groups -OCH3 is 2. The largest absolute Gasteiger partial charge is 0.493 e. The van der Waals surface area contributed by atoms with Crippen molar-refractivity contribution >= 4 is 11.6 Å². The first-order valence-electron chi connectivity index (χ1n) is 5.36. The van der Waals surface area contributed by atoms with Gasteiger partial charge in [-0.25, -0.2) is 4.39 Å². The molecule has 1 aromatic rings. The van der Waals surface area contributed by atoms with Gasteiger partial charge in [-0.15, -0.1) is 11.6 Å². The van der Waals surface area contributed by atoms with Gasteiger partial charge in [-0.05, 0) is 11.5 Å². The zero-order chi connectivity index (χ0) is 13.2. The van der Waals surface area contributed by atoms with E-state index >= 15 is 0 Å². The van der Waals surface area contributed by atoms with Gasteiger partial charge in [0.05, 0.1) is 19.6 Å². The molecule has 2 nitrogen and oxygen atoms in total. The summed E-state index contributed by atoms with van der Waals surface area (Å²) in [5.74, 6) is 0.475. The Bertz CT molecular complexity index is 399. The van der Waals surface area contributed by atoms with Crippen molar-refractivity contribution in [3.63, 3.8) is 0 Å². The molecule has 0 saturated carbocycles. The second-order valence-electron chi connectivity index (χ2n) is 4.96. The van der Waals surface area contributed by atoms with Gasteiger partial charge >= 0.3 is 0 Å². The third-order valence-electron chi connectivity index (χ3n) is 2.54. The minimum atomic E-state index is -0.428. The second-order valence-corrected chi connectivity index (χ2v) is 5.39. The highest BCUT2D eigenvalue weighted by Gasteiger charge is 2.27. The fraction of sp³-hybridized carbons (Fsp3) is 0.538. The number of benzene rings is 1. The fourth-order valence-electron chi connectivity index (χ4n) is 1.53. The lowest BCUT2D eigenvalue weighted by atomic mass is 9.87. The Labute approximate surface area is 107 Å². The first-order valence-corrected chi connectivity index (χ1v) is 5.80. The molecule has 0 fully saturated rings. The van der Waals surface area contributed by atoms with Gasteiger partial charge in [0.15, 0.2) is 11.5 Å². The Morgan fingerprint density at radius 3 is 2.00 bits per heavy atom. The van der Waals surface area contributed by atoms with Crippen molar-refractivity contribution in [3.8, 4) is 11.5 Å². The molecule has 1 rings (SSSR count). The van der Waals surface area contributed by atoms with Crippen LogP contribution in [0.5, 0.6) is 11.5 Å². The van der Waals surface area contributed by atoms with E-state index in [4.69, 9.17) is 21.1 Å². The lowest BCUT2D eigenvalue weighted by Crippen LogP contribution is -2.14. The maximum atomic E-state index is 13.9. The molecule has 0 spiro atoms. The second kappa shape index (κ2) is 5.13. The number of alkyl halides is 1. The van der Waals surface area contributed by atoms with Crippen molar-refractivity contribution in [2.75, 3.05) is 14.2 Å². The van der Waals surface area contributed by atoms with E-state index in [0.717, 1.165) is 0 Å². The first-order chi connectivity index (χ1) is 7.81. The summed E-state index contributed by atoms with van der Waals surface area (Å²) in [6.07, 6.45) is 0. The predicted molar refractivity (Wildman–Crippen MR) is 67.6 cm³/mol. The molecule has 0 bridgehead atoms. The van der Waals surface area contributed by atoms with Crippen molar-refractivity contribution < 1.29 is 13.9 Å². The lowest BCUT2D eigenvalue weighted by Gasteiger charge is -2.26. The minimum Gasteiger partial charge on any atom is -0.493 e. The van der Waals surface area contributed by atoms with Crippen LogP contribution in [0.15, 0.2) is 12.1 Å². The Morgan fingerprint density at radius 2 is 1.59 bits per heavy atom. The summed E-state index contributed by atoms with van der Waals surface area (Å²) in [5.41, 5.74) is 0.193. The molecule has 0 radical (unpaired) electrons. The van der Waals surface area contributed by atoms with Crippen molar-refractivity contribution in [1.29, 1.82) is 0 Å². The van der Waals surface area contributed by atoms with E-state index in [9.17, 15) is 4.39 Å². The van der Waals surface area contributed by atoms with Crippen molar-refractivity contribution in [2.45, 2.75) is 26.1 Å². The molecular formula is C13H18ClFO2. The maximum Gasteiger partial charge on any atom is 0.163 e. The van der Waals surface area contributed by atoms with Crippen LogP contribution in [-0.2, 0) is 0 Å². The molecule has 0 N–H and O–H groups in total. The Hall–Kier alpha value is -0.960. The molecule has 0 aromatic heterocycles. The molecule has 0 heterocycles. The maximum absolute atomic E-state index is 13.9. The molecule has 17 heavy (non-hydrogen) atoms. The van der Waals surface area contributed by atoms with Crippen LogP contribution in [0, 0.1) is 11.2 Å². The van der Waals surface area contributed by atoms with Crippen molar-refractivity contribution in [3.05, 3.63) is 23.5 Å². The summed E-state index contributed by atoms with van der Waals surface area (Å²) >= 11 is 6.28. The molecular weight excluding hydrogens is 243 g/mol. The van der Waals surface area contributed by atoms with Crippen LogP contribution in [-0.4, -0.2) is 14.2 Å². The molecule has 0 aliphatic rings. The van der Waals surface area contributed by atoms with Crippen LogP contribution in [0.1, 0.15) is 31.7 Å². The highest BCUT2D eigenvalue weighted by atomic mass is 35.5. The monoisotopic (exact) mass is 260 g/mol. The molecule has 96 valence electrons. The van der Waals surface area contributed by atoms with Gasteiger partial charge in [-0.1, -0.05) is 20.8 Å². The summed E-state index contributed by atoms with van der Waals surface area (Å²) in [6.45, 7) is 5.88. The van der Waals surface area contributed by atoms with E-state index < -0.39 is 5.38 Å². The van der Waals surface area contributed by atoms with Crippen LogP contribution in [0.25, 0.3) is 0 Å². The summed E-state index contributed by atoms with van der Waals surface area (Å²) in [5, 5.41) is -0.428. The van der Waals surface area contributed by atoms with Crippen LogP contribution < -0.4 is 9.47 Å². The Morgan fingerprint density at radius 1 is 1.12 bits per heavy atom. The van der Waals surface area contributed by atoms with E-state index in [1.165, 1.54) is 20.3 Å². The molecule has 0 aliphatic carbocycles. The van der Waals surface area contributed by atoms with E-state index in [1.807, 2.05) is 20.8 Å². The standard InChI is InChI=1S/C13H18ClFO2/c1-13(2,3)12(14)8-6-10(16-4)11(17-5)7-9(8)15/h6-7,12H,1-5H3. The lowest BCUT2D eigenvalue weighted by molar-refractivity contribution is 0.346. The van der Waals surface area contributed by atoms with Crippen LogP contribution >= 0.6 is 11.6 Å². The van der Waals surface area contributed by atoms with E-state index in [0.29, 0.717) is 17.1 Å². The Kier molecular flexibility index (Phi) is 4.26. The number of rotatable bonds is 3. The van der Waals surface area contributed by atoms with E-state index in [2.05, 4.69) is 0 Å². The van der Waals surface area contributed by atoms with Gasteiger partial charge in [0.25, 0.3) is 0 Å². The molecule has 0 aliphatic heterocycles. The third kappa shape index (κ3) is 3.03. The van der Waals surface area contributed by atoms with Crippen molar-refractivity contribution in [2.24, 2.45) is 5.41 Å². The quantitative estimate of drug-likeness (QED) is 0.760. The molecule has 0 amide bonds. The number of hydrogen-bond acceptors (Lipinski definition) is 2. The summed E-state index contributed by atoms with van der Waals surface area (Å²) in [7, 11) is 2.98. The van der Waals surface area contributed by atoms with Gasteiger partial charge in [0, 0.05) is 11.6 Å². The smallest absolute Gasteiger partial charge is 0.163 e. The van der Waals surface area contributed by atoms with Gasteiger partial charge in [-0.3, -0.25) is 0 Å². The average molecular weight is 261 g/mol. The van der Waals surface area contributed by atoms with Crippen LogP contribution in [0.4, 0.5) is 4.39 Å².